The zero-order chi connectivity index (χ0) is 98.3. The fraction of sp³-hybridized carbons (Fsp3) is 0.257. The Hall–Kier alpha value is -13.9. The van der Waals surface area contributed by atoms with Crippen LogP contribution in [0.3, 0.4) is 0 Å². The Kier molecular flexibility index (Phi) is 23.1. The van der Waals surface area contributed by atoms with Crippen LogP contribution in [0.4, 0.5) is 48.3 Å². The van der Waals surface area contributed by atoms with Crippen molar-refractivity contribution in [3.8, 4) is 90.6 Å². The molecule has 6 heterocycles. The average molecular weight is 1900 g/mol. The first-order valence-corrected chi connectivity index (χ1v) is 55.1. The molecule has 0 amide bonds. The van der Waals surface area contributed by atoms with Gasteiger partial charge in [-0.3, -0.25) is 0 Å². The number of nitrogens with zero attached hydrogens (tertiary/aromatic N) is 18. The first kappa shape index (κ1) is 93.5. The normalized spacial score (nSPS) is 12.5. The highest BCUT2D eigenvalue weighted by Crippen LogP contribution is 2.53. The monoisotopic (exact) mass is 1900 g/mol. The third kappa shape index (κ3) is 17.0. The van der Waals surface area contributed by atoms with Gasteiger partial charge in [-0.05, 0) is 202 Å². The fourth-order valence-corrected chi connectivity index (χ4v) is 21.3. The number of aromatic nitrogens is 18. The van der Waals surface area contributed by atoms with E-state index in [1.165, 1.54) is 65.6 Å². The highest BCUT2D eigenvalue weighted by atomic mass is 28.3. The molecule has 0 aliphatic heterocycles. The minimum Gasteiger partial charge on any atom is -0.224 e. The van der Waals surface area contributed by atoms with Crippen LogP contribution in [0.5, 0.6) is 0 Å². The SMILES string of the molecule is Cc1nc(-c2ccc3cc(-c4cc(F)c(F)c(F)c4)c4ccc(-c5nc(C)nc([Si](C)(C)C)n5)c5ccc2c3c45)nc([Si](C)(C)C)n1.Cc1nc(C)nc(-c2c(F)c(F)c3c(F)c(F)c4c(F)c(F)c(-c5nc(C)nc(C)n5)c5c(F)c(F)c2c3c45)n1.Cc1nc(CC(C)(C)C)nc(-c2ccc3cc(-c4ccc([Si](C)(C)C)cc4)c4ccc(-c5nc(C)nc(CC(C)(C)C)n5)c5ccc2c3c45)n1. The summed E-state index contributed by atoms with van der Waals surface area (Å²) in [7, 11) is -5.17. The molecule has 0 saturated carbocycles. The maximum absolute atomic E-state index is 16.0. The van der Waals surface area contributed by atoms with Gasteiger partial charge < -0.3 is 0 Å². The van der Waals surface area contributed by atoms with Crippen LogP contribution < -0.4 is 16.1 Å². The molecule has 18 nitrogen and oxygen atoms in total. The van der Waals surface area contributed by atoms with Gasteiger partial charge in [0.25, 0.3) is 0 Å². The van der Waals surface area contributed by atoms with E-state index in [2.05, 4.69) is 213 Å². The van der Waals surface area contributed by atoms with Gasteiger partial charge in [-0.15, -0.1) is 0 Å². The van der Waals surface area contributed by atoms with E-state index in [1.54, 1.807) is 0 Å². The Labute approximate surface area is 784 Å². The summed E-state index contributed by atoms with van der Waals surface area (Å²) in [5.74, 6) is -14.3. The highest BCUT2D eigenvalue weighted by molar-refractivity contribution is 6.89. The maximum Gasteiger partial charge on any atom is 0.194 e. The average Bonchev–Trinajstić information content (AvgIpc) is 0.678. The molecule has 692 valence electrons. The van der Waals surface area contributed by atoms with Crippen LogP contribution in [0.1, 0.15) is 99.8 Å². The van der Waals surface area contributed by atoms with Crippen LogP contribution in [0, 0.1) is 130 Å². The number of hydrogen-bond acceptors (Lipinski definition) is 18. The molecule has 0 fully saturated rings. The van der Waals surface area contributed by atoms with Gasteiger partial charge in [0.2, 0.25) is 0 Å². The Morgan fingerprint density at radius 2 is 0.511 bits per heavy atom. The van der Waals surface area contributed by atoms with Crippen LogP contribution in [0.15, 0.2) is 121 Å². The number of aryl methyl sites for hydroxylation is 8. The summed E-state index contributed by atoms with van der Waals surface area (Å²) in [4.78, 5) is 81.3. The minimum absolute atomic E-state index is 0.0120. The summed E-state index contributed by atoms with van der Waals surface area (Å²) in [6.07, 6.45) is 1.56. The molecule has 0 unspecified atom stereocenters. The third-order valence-corrected chi connectivity index (χ3v) is 29.3. The van der Waals surface area contributed by atoms with Crippen molar-refractivity contribution in [3.63, 3.8) is 0 Å². The van der Waals surface area contributed by atoms with Gasteiger partial charge >= 0.3 is 0 Å². The zero-order valence-electron chi connectivity index (χ0n) is 79.7. The van der Waals surface area contributed by atoms with Crippen molar-refractivity contribution < 1.29 is 48.3 Å². The maximum atomic E-state index is 16.0. The van der Waals surface area contributed by atoms with Crippen molar-refractivity contribution in [1.29, 1.82) is 0 Å². The van der Waals surface area contributed by atoms with Crippen molar-refractivity contribution in [3.05, 3.63) is 244 Å². The highest BCUT2D eigenvalue weighted by Gasteiger charge is 2.39. The lowest BCUT2D eigenvalue weighted by Gasteiger charge is -2.20. The molecule has 0 spiro atoms. The van der Waals surface area contributed by atoms with Gasteiger partial charge in [0.05, 0.1) is 30.0 Å². The summed E-state index contributed by atoms with van der Waals surface area (Å²) in [5, 5.41) is 6.71. The molecule has 6 aromatic heterocycles. The number of halogens is 11. The Morgan fingerprint density at radius 3 is 0.854 bits per heavy atom. The summed E-state index contributed by atoms with van der Waals surface area (Å²) in [6, 6.07) is 40.9. The van der Waals surface area contributed by atoms with Crippen molar-refractivity contribution in [1.82, 2.24) is 89.7 Å². The largest absolute Gasteiger partial charge is 0.224 e. The van der Waals surface area contributed by atoms with Crippen molar-refractivity contribution in [2.75, 3.05) is 0 Å². The van der Waals surface area contributed by atoms with E-state index in [0.29, 0.717) is 28.9 Å². The summed E-state index contributed by atoms with van der Waals surface area (Å²) in [6.45, 7) is 46.8. The number of hydrogen-bond donors (Lipinski definition) is 0. The fourth-order valence-electron chi connectivity index (χ4n) is 18.2. The van der Waals surface area contributed by atoms with Crippen molar-refractivity contribution >= 4 is 137 Å². The van der Waals surface area contributed by atoms with E-state index in [1.807, 2.05) is 64.1 Å². The molecule has 137 heavy (non-hydrogen) atoms. The quantitative estimate of drug-likeness (QED) is 0.0452. The summed E-state index contributed by atoms with van der Waals surface area (Å²) < 4.78 is 168. The number of rotatable bonds is 13. The van der Waals surface area contributed by atoms with E-state index < -0.39 is 143 Å². The van der Waals surface area contributed by atoms with Gasteiger partial charge in [0, 0.05) is 56.6 Å². The molecule has 20 aromatic rings. The van der Waals surface area contributed by atoms with Crippen LogP contribution in [0.2, 0.25) is 58.9 Å². The van der Waals surface area contributed by atoms with Gasteiger partial charge in [-0.2, -0.15) is 0 Å². The van der Waals surface area contributed by atoms with Gasteiger partial charge in [-0.25, -0.2) is 138 Å². The second kappa shape index (κ2) is 33.8. The molecule has 0 bridgehead atoms. The van der Waals surface area contributed by atoms with Crippen molar-refractivity contribution in [2.45, 2.75) is 169 Å². The molecule has 32 heteroatoms. The van der Waals surface area contributed by atoms with Crippen LogP contribution >= 0.6 is 0 Å². The minimum atomic E-state index is -2.14. The standard InChI is InChI=1S/C43H48N6Si.C36H33F3N6Si2.C26H12F8N6/c1-25-44-36(23-42(3,4)5)48-40(46-25)33-17-14-28-22-35(27-12-15-29(16-13-27)50(9,10)11)32-20-21-34(31-19-18-30(33)38(28)39(31)32)41-47-26(2)45-37(49-41)24-43(6,7)8;1-18-40-33(44-35(42-18)46(3,4)5)25-10-9-20-15-27(21-16-28(37)32(39)29(38)17-21)24-13-14-26(23-12-11-22(25)30(20)31(23)24)34-41-19(2)43-36(45-34)47(6,7)8;1-5-35-6(2)38-25(37-5)15-11-9-10-12(18(28)17(11)27)16(26-39-7(3)36-8(4)40-26)24(34)22(32)14(10)20(30)19(29)13(9)21(31)23(15)33/h12-22H,23-24H2,1-11H3;9-17H,1-8H3;1-4H3. The van der Waals surface area contributed by atoms with Gasteiger partial charge in [-0.1, -0.05) is 178 Å². The van der Waals surface area contributed by atoms with E-state index in [9.17, 15) is 13.2 Å². The van der Waals surface area contributed by atoms with Gasteiger partial charge in [0.15, 0.2) is 98.9 Å². The lowest BCUT2D eigenvalue weighted by atomic mass is 9.86. The predicted octanol–water partition coefficient (Wildman–Crippen LogP) is 25.0. The first-order chi connectivity index (χ1) is 64.4. The zero-order valence-corrected chi connectivity index (χ0v) is 82.7. The van der Waals surface area contributed by atoms with E-state index in [-0.39, 0.29) is 39.7 Å². The van der Waals surface area contributed by atoms with Crippen molar-refractivity contribution in [2.24, 2.45) is 10.8 Å². The summed E-state index contributed by atoms with van der Waals surface area (Å²) in [5.41, 5.74) is 6.64. The first-order valence-electron chi connectivity index (χ1n) is 44.6. The molecular weight excluding hydrogens is 1810 g/mol. The number of benzene rings is 14. The lowest BCUT2D eigenvalue weighted by molar-refractivity contribution is 0.399. The van der Waals surface area contributed by atoms with Crippen LogP contribution in [-0.4, -0.2) is 114 Å². The van der Waals surface area contributed by atoms with E-state index >= 15 is 35.1 Å². The second-order valence-corrected chi connectivity index (χ2v) is 55.5. The Morgan fingerprint density at radius 1 is 0.226 bits per heavy atom. The van der Waals surface area contributed by atoms with Crippen LogP contribution in [0.25, 0.3) is 188 Å². The molecule has 0 aliphatic carbocycles. The van der Waals surface area contributed by atoms with E-state index in [4.69, 9.17) is 49.8 Å². The summed E-state index contributed by atoms with van der Waals surface area (Å²) >= 11 is 0. The Bertz CT molecular complexity index is 8230. The molecule has 0 atom stereocenters. The molecule has 0 aliphatic rings. The lowest BCUT2D eigenvalue weighted by Crippen LogP contribution is -2.43. The molecule has 20 rings (SSSR count). The Balaban J connectivity index is 0.000000138. The molecular formula is C105H93F11N18Si3. The van der Waals surface area contributed by atoms with E-state index in [0.717, 1.165) is 136 Å². The van der Waals surface area contributed by atoms with Gasteiger partial charge in [0.1, 0.15) is 85.3 Å². The topological polar surface area (TPSA) is 232 Å². The smallest absolute Gasteiger partial charge is 0.194 e. The molecule has 0 saturated heterocycles. The molecule has 0 radical (unpaired) electrons. The molecule has 0 N–H and O–H groups in total. The predicted molar refractivity (Wildman–Crippen MR) is 527 cm³/mol. The van der Waals surface area contributed by atoms with Crippen LogP contribution in [-0.2, 0) is 12.8 Å². The third-order valence-electron chi connectivity index (χ3n) is 24.1. The second-order valence-electron chi connectivity index (χ2n) is 40.5. The molecule has 14 aromatic carbocycles.